The number of methoxy groups -OCH3 is 2. The second-order valence-electron chi connectivity index (χ2n) is 5.02. The lowest BCUT2D eigenvalue weighted by Crippen LogP contribution is -2.47. The van der Waals surface area contributed by atoms with E-state index in [1.807, 2.05) is 0 Å². The number of aryl methyl sites for hydroxylation is 1. The molecule has 1 saturated carbocycles. The van der Waals surface area contributed by atoms with Gasteiger partial charge in [0.2, 0.25) is 0 Å². The SMILES string of the molecule is COC(=O)c1cc(CNCC2(OC)CCC2)oc1C. The van der Waals surface area contributed by atoms with E-state index in [0.717, 1.165) is 25.1 Å². The highest BCUT2D eigenvalue weighted by molar-refractivity contribution is 5.90. The Kier molecular flexibility index (Phi) is 4.27. The molecule has 0 unspecified atom stereocenters. The third-order valence-electron chi connectivity index (χ3n) is 3.82. The molecule has 1 aliphatic rings. The standard InChI is InChI=1S/C14H21NO4/c1-10-12(13(16)17-2)7-11(19-10)8-15-9-14(18-3)5-4-6-14/h7,15H,4-6,8-9H2,1-3H3. The van der Waals surface area contributed by atoms with E-state index in [0.29, 0.717) is 17.9 Å². The first-order valence-electron chi connectivity index (χ1n) is 6.54. The smallest absolute Gasteiger partial charge is 0.341 e. The molecule has 0 radical (unpaired) electrons. The zero-order chi connectivity index (χ0) is 13.9. The fourth-order valence-electron chi connectivity index (χ4n) is 2.38. The van der Waals surface area contributed by atoms with Crippen LogP contribution in [0.2, 0.25) is 0 Å². The maximum atomic E-state index is 11.5. The molecule has 0 aromatic carbocycles. The summed E-state index contributed by atoms with van der Waals surface area (Å²) in [6.07, 6.45) is 3.42. The Balaban J connectivity index is 1.88. The number of carbonyl (C=O) groups excluding carboxylic acids is 1. The minimum absolute atomic E-state index is 0.00713. The molecule has 2 rings (SSSR count). The van der Waals surface area contributed by atoms with Crippen molar-refractivity contribution in [3.8, 4) is 0 Å². The van der Waals surface area contributed by atoms with E-state index < -0.39 is 0 Å². The summed E-state index contributed by atoms with van der Waals surface area (Å²) in [7, 11) is 3.12. The van der Waals surface area contributed by atoms with Crippen molar-refractivity contribution in [2.45, 2.75) is 38.3 Å². The number of esters is 1. The van der Waals surface area contributed by atoms with Gasteiger partial charge in [0.05, 0.1) is 19.3 Å². The van der Waals surface area contributed by atoms with Crippen LogP contribution in [-0.4, -0.2) is 32.3 Å². The Morgan fingerprint density at radius 1 is 1.47 bits per heavy atom. The highest BCUT2D eigenvalue weighted by Gasteiger charge is 2.36. The molecule has 0 saturated heterocycles. The molecule has 1 aliphatic carbocycles. The van der Waals surface area contributed by atoms with Gasteiger partial charge >= 0.3 is 5.97 Å². The molecule has 0 spiro atoms. The van der Waals surface area contributed by atoms with Gasteiger partial charge in [0, 0.05) is 13.7 Å². The lowest BCUT2D eigenvalue weighted by Gasteiger charge is -2.40. The van der Waals surface area contributed by atoms with Gasteiger partial charge in [-0.3, -0.25) is 0 Å². The molecule has 0 bridgehead atoms. The molecule has 5 heteroatoms. The van der Waals surface area contributed by atoms with Crippen LogP contribution in [0, 0.1) is 6.92 Å². The van der Waals surface area contributed by atoms with Crippen LogP contribution < -0.4 is 5.32 Å². The van der Waals surface area contributed by atoms with Gasteiger partial charge in [-0.1, -0.05) is 0 Å². The normalized spacial score (nSPS) is 17.0. The minimum Gasteiger partial charge on any atom is -0.465 e. The van der Waals surface area contributed by atoms with Crippen LogP contribution >= 0.6 is 0 Å². The predicted octanol–water partition coefficient (Wildman–Crippen LogP) is 2.03. The second kappa shape index (κ2) is 5.75. The average Bonchev–Trinajstić information content (AvgIpc) is 2.73. The van der Waals surface area contributed by atoms with Gasteiger partial charge in [-0.15, -0.1) is 0 Å². The van der Waals surface area contributed by atoms with Crippen molar-refractivity contribution in [3.05, 3.63) is 23.2 Å². The van der Waals surface area contributed by atoms with Crippen LogP contribution in [0.4, 0.5) is 0 Å². The van der Waals surface area contributed by atoms with Gasteiger partial charge in [-0.05, 0) is 32.3 Å². The molecule has 1 heterocycles. The van der Waals surface area contributed by atoms with E-state index in [4.69, 9.17) is 13.9 Å². The molecule has 1 aromatic heterocycles. The van der Waals surface area contributed by atoms with Crippen molar-refractivity contribution in [1.82, 2.24) is 5.32 Å². The summed E-state index contributed by atoms with van der Waals surface area (Å²) in [6.45, 7) is 3.15. The van der Waals surface area contributed by atoms with Gasteiger partial charge in [0.1, 0.15) is 17.1 Å². The maximum absolute atomic E-state index is 11.5. The first-order chi connectivity index (χ1) is 9.10. The average molecular weight is 267 g/mol. The zero-order valence-corrected chi connectivity index (χ0v) is 11.7. The van der Waals surface area contributed by atoms with Crippen molar-refractivity contribution in [1.29, 1.82) is 0 Å². The number of nitrogens with one attached hydrogen (secondary N) is 1. The quantitative estimate of drug-likeness (QED) is 0.799. The Labute approximate surface area is 113 Å². The highest BCUT2D eigenvalue weighted by atomic mass is 16.5. The largest absolute Gasteiger partial charge is 0.465 e. The van der Waals surface area contributed by atoms with E-state index in [9.17, 15) is 4.79 Å². The van der Waals surface area contributed by atoms with Crippen LogP contribution in [-0.2, 0) is 16.0 Å². The van der Waals surface area contributed by atoms with Crippen LogP contribution in [0.25, 0.3) is 0 Å². The molecule has 1 fully saturated rings. The molecular weight excluding hydrogens is 246 g/mol. The van der Waals surface area contributed by atoms with Crippen molar-refractivity contribution < 1.29 is 18.7 Å². The van der Waals surface area contributed by atoms with E-state index in [-0.39, 0.29) is 11.6 Å². The van der Waals surface area contributed by atoms with Crippen molar-refractivity contribution in [3.63, 3.8) is 0 Å². The maximum Gasteiger partial charge on any atom is 0.341 e. The Morgan fingerprint density at radius 2 is 2.21 bits per heavy atom. The summed E-state index contributed by atoms with van der Waals surface area (Å²) in [5.41, 5.74) is 0.483. The number of carbonyl (C=O) groups is 1. The lowest BCUT2D eigenvalue weighted by atomic mass is 9.80. The summed E-state index contributed by atoms with van der Waals surface area (Å²) in [5, 5.41) is 3.32. The third-order valence-corrected chi connectivity index (χ3v) is 3.82. The number of ether oxygens (including phenoxy) is 2. The van der Waals surface area contributed by atoms with E-state index in [1.165, 1.54) is 13.5 Å². The summed E-state index contributed by atoms with van der Waals surface area (Å²) in [4.78, 5) is 11.5. The van der Waals surface area contributed by atoms with E-state index in [1.54, 1.807) is 20.1 Å². The van der Waals surface area contributed by atoms with Gasteiger partial charge in [-0.2, -0.15) is 0 Å². The molecule has 106 valence electrons. The van der Waals surface area contributed by atoms with Gasteiger partial charge in [0.25, 0.3) is 0 Å². The van der Waals surface area contributed by atoms with Crippen molar-refractivity contribution >= 4 is 5.97 Å². The first kappa shape index (κ1) is 14.1. The Hall–Kier alpha value is -1.33. The first-order valence-corrected chi connectivity index (χ1v) is 6.54. The summed E-state index contributed by atoms with van der Waals surface area (Å²) < 4.78 is 15.8. The molecule has 1 N–H and O–H groups in total. The van der Waals surface area contributed by atoms with Crippen LogP contribution in [0.15, 0.2) is 10.5 Å². The van der Waals surface area contributed by atoms with Crippen molar-refractivity contribution in [2.24, 2.45) is 0 Å². The van der Waals surface area contributed by atoms with E-state index in [2.05, 4.69) is 5.32 Å². The number of hydrogen-bond acceptors (Lipinski definition) is 5. The summed E-state index contributed by atoms with van der Waals surface area (Å²) in [5.74, 6) is 0.970. The Morgan fingerprint density at radius 3 is 2.74 bits per heavy atom. The number of rotatable bonds is 6. The summed E-state index contributed by atoms with van der Waals surface area (Å²) in [6, 6.07) is 1.73. The molecule has 0 atom stereocenters. The molecule has 1 aromatic rings. The van der Waals surface area contributed by atoms with Gasteiger partial charge in [-0.25, -0.2) is 4.79 Å². The zero-order valence-electron chi connectivity index (χ0n) is 11.7. The predicted molar refractivity (Wildman–Crippen MR) is 70.1 cm³/mol. The van der Waals surface area contributed by atoms with Crippen LogP contribution in [0.3, 0.4) is 0 Å². The van der Waals surface area contributed by atoms with Gasteiger partial charge in [0.15, 0.2) is 0 Å². The molecule has 5 nitrogen and oxygen atoms in total. The van der Waals surface area contributed by atoms with Gasteiger partial charge < -0.3 is 19.2 Å². The van der Waals surface area contributed by atoms with Crippen molar-refractivity contribution in [2.75, 3.05) is 20.8 Å². The summed E-state index contributed by atoms with van der Waals surface area (Å²) >= 11 is 0. The fraction of sp³-hybridized carbons (Fsp3) is 0.643. The molecule has 0 aliphatic heterocycles. The minimum atomic E-state index is -0.361. The third kappa shape index (κ3) is 2.98. The Bertz CT molecular complexity index is 443. The fourth-order valence-corrected chi connectivity index (χ4v) is 2.38. The van der Waals surface area contributed by atoms with Crippen LogP contribution in [0.1, 0.15) is 41.1 Å². The lowest BCUT2D eigenvalue weighted by molar-refractivity contribution is -0.0697. The van der Waals surface area contributed by atoms with Crippen LogP contribution in [0.5, 0.6) is 0 Å². The van der Waals surface area contributed by atoms with E-state index >= 15 is 0 Å². The molecule has 0 amide bonds. The topological polar surface area (TPSA) is 60.7 Å². The molecule has 19 heavy (non-hydrogen) atoms. The molecular formula is C14H21NO4. The number of furan rings is 1. The number of hydrogen-bond donors (Lipinski definition) is 1. The second-order valence-corrected chi connectivity index (χ2v) is 5.02. The highest BCUT2D eigenvalue weighted by Crippen LogP contribution is 2.34. The monoisotopic (exact) mass is 267 g/mol.